The number of nitrogens with zero attached hydrogens (tertiary/aromatic N) is 2. The van der Waals surface area contributed by atoms with Crippen LogP contribution in [-0.4, -0.2) is 53.8 Å². The third-order valence-corrected chi connectivity index (χ3v) is 4.22. The fourth-order valence-corrected chi connectivity index (χ4v) is 2.77. The second-order valence-electron chi connectivity index (χ2n) is 5.67. The van der Waals surface area contributed by atoms with E-state index in [9.17, 15) is 9.59 Å². The number of carbonyl (C=O) groups is 2. The van der Waals surface area contributed by atoms with Crippen LogP contribution in [-0.2, 0) is 9.59 Å². The summed E-state index contributed by atoms with van der Waals surface area (Å²) in [6.45, 7) is 8.89. The van der Waals surface area contributed by atoms with Gasteiger partial charge in [-0.25, -0.2) is 0 Å². The maximum Gasteiger partial charge on any atom is 0.223 e. The van der Waals surface area contributed by atoms with Crippen LogP contribution in [0.1, 0.15) is 46.5 Å². The molecule has 5 heteroatoms. The fourth-order valence-electron chi connectivity index (χ4n) is 2.77. The van der Waals surface area contributed by atoms with Crippen molar-refractivity contribution in [3.63, 3.8) is 0 Å². The van der Waals surface area contributed by atoms with Crippen molar-refractivity contribution in [1.82, 2.24) is 9.80 Å². The molecule has 1 aliphatic heterocycles. The van der Waals surface area contributed by atoms with Crippen LogP contribution in [0.5, 0.6) is 0 Å². The first kappa shape index (κ1) is 17.0. The Labute approximate surface area is 122 Å². The van der Waals surface area contributed by atoms with E-state index < -0.39 is 0 Å². The molecule has 1 fully saturated rings. The van der Waals surface area contributed by atoms with Gasteiger partial charge in [0.15, 0.2) is 0 Å². The first-order valence-corrected chi connectivity index (χ1v) is 7.80. The summed E-state index contributed by atoms with van der Waals surface area (Å²) in [4.78, 5) is 27.7. The fraction of sp³-hybridized carbons (Fsp3) is 0.867. The minimum atomic E-state index is 0.0732. The molecule has 0 spiro atoms. The Hall–Kier alpha value is -1.10. The molecular formula is C15H29N3O2. The van der Waals surface area contributed by atoms with Crippen molar-refractivity contribution < 1.29 is 9.59 Å². The van der Waals surface area contributed by atoms with Crippen molar-refractivity contribution in [1.29, 1.82) is 0 Å². The summed E-state index contributed by atoms with van der Waals surface area (Å²) in [5.74, 6) is 0.561. The second kappa shape index (κ2) is 8.25. The van der Waals surface area contributed by atoms with Gasteiger partial charge in [-0.3, -0.25) is 9.59 Å². The summed E-state index contributed by atoms with van der Waals surface area (Å²) in [5, 5.41) is 0. The van der Waals surface area contributed by atoms with Crippen LogP contribution >= 0.6 is 0 Å². The van der Waals surface area contributed by atoms with E-state index in [1.54, 1.807) is 4.90 Å². The predicted octanol–water partition coefficient (Wildman–Crippen LogP) is 1.22. The van der Waals surface area contributed by atoms with Crippen LogP contribution < -0.4 is 5.73 Å². The molecule has 0 aliphatic carbocycles. The molecule has 0 radical (unpaired) electrons. The molecule has 20 heavy (non-hydrogen) atoms. The Morgan fingerprint density at radius 3 is 2.50 bits per heavy atom. The molecular weight excluding hydrogens is 254 g/mol. The molecule has 1 rings (SSSR count). The van der Waals surface area contributed by atoms with Crippen molar-refractivity contribution in [2.24, 2.45) is 11.7 Å². The summed E-state index contributed by atoms with van der Waals surface area (Å²) in [7, 11) is 0. The Morgan fingerprint density at radius 2 is 1.95 bits per heavy atom. The molecule has 5 nitrogen and oxygen atoms in total. The van der Waals surface area contributed by atoms with Crippen molar-refractivity contribution in [3.05, 3.63) is 0 Å². The molecule has 116 valence electrons. The van der Waals surface area contributed by atoms with E-state index >= 15 is 0 Å². The summed E-state index contributed by atoms with van der Waals surface area (Å²) < 4.78 is 0. The van der Waals surface area contributed by atoms with Gasteiger partial charge >= 0.3 is 0 Å². The number of rotatable bonds is 6. The van der Waals surface area contributed by atoms with Crippen LogP contribution in [0.2, 0.25) is 0 Å². The van der Waals surface area contributed by atoms with Gasteiger partial charge in [0.2, 0.25) is 11.8 Å². The Bertz CT molecular complexity index is 327. The lowest BCUT2D eigenvalue weighted by atomic mass is 9.92. The number of hydrogen-bond donors (Lipinski definition) is 1. The van der Waals surface area contributed by atoms with Crippen LogP contribution in [0, 0.1) is 5.92 Å². The normalized spacial score (nSPS) is 20.6. The number of piperidine rings is 1. The van der Waals surface area contributed by atoms with E-state index in [2.05, 4.69) is 0 Å². The zero-order valence-electron chi connectivity index (χ0n) is 13.1. The molecule has 0 aromatic rings. The van der Waals surface area contributed by atoms with Crippen LogP contribution in [0.15, 0.2) is 0 Å². The highest BCUT2D eigenvalue weighted by Gasteiger charge is 2.26. The van der Waals surface area contributed by atoms with Gasteiger partial charge in [0, 0.05) is 45.1 Å². The minimum absolute atomic E-state index is 0.0732. The maximum absolute atomic E-state index is 12.2. The van der Waals surface area contributed by atoms with Gasteiger partial charge < -0.3 is 15.5 Å². The van der Waals surface area contributed by atoms with E-state index in [4.69, 9.17) is 5.73 Å². The molecule has 0 saturated carbocycles. The predicted molar refractivity (Wildman–Crippen MR) is 80.1 cm³/mol. The molecule has 2 unspecified atom stereocenters. The zero-order valence-corrected chi connectivity index (χ0v) is 13.1. The molecule has 1 saturated heterocycles. The zero-order chi connectivity index (χ0) is 15.1. The third kappa shape index (κ3) is 4.78. The highest BCUT2D eigenvalue weighted by atomic mass is 16.2. The number of hydrogen-bond acceptors (Lipinski definition) is 3. The quantitative estimate of drug-likeness (QED) is 0.797. The number of carbonyl (C=O) groups excluding carboxylic acids is 2. The largest absolute Gasteiger partial charge is 0.343 e. The van der Waals surface area contributed by atoms with Crippen LogP contribution in [0.4, 0.5) is 0 Å². The maximum atomic E-state index is 12.2. The Balaban J connectivity index is 2.40. The SMILES string of the molecule is CCN(CC)C(=O)CCC(=O)N1CCCC(C(C)N)C1. The summed E-state index contributed by atoms with van der Waals surface area (Å²) in [6, 6.07) is 0.128. The van der Waals surface area contributed by atoms with Crippen molar-refractivity contribution in [2.45, 2.75) is 52.5 Å². The molecule has 1 heterocycles. The summed E-state index contributed by atoms with van der Waals surface area (Å²) in [6.07, 6.45) is 2.75. The van der Waals surface area contributed by atoms with Gasteiger partial charge in [-0.2, -0.15) is 0 Å². The monoisotopic (exact) mass is 283 g/mol. The highest BCUT2D eigenvalue weighted by Crippen LogP contribution is 2.19. The van der Waals surface area contributed by atoms with E-state index in [1.165, 1.54) is 0 Å². The van der Waals surface area contributed by atoms with Gasteiger partial charge in [-0.15, -0.1) is 0 Å². The molecule has 1 aliphatic rings. The van der Waals surface area contributed by atoms with Crippen molar-refractivity contribution in [2.75, 3.05) is 26.2 Å². The average Bonchev–Trinajstić information content (AvgIpc) is 2.46. The molecule has 2 N–H and O–H groups in total. The van der Waals surface area contributed by atoms with Crippen molar-refractivity contribution in [3.8, 4) is 0 Å². The first-order chi connectivity index (χ1) is 9.49. The van der Waals surface area contributed by atoms with E-state index in [0.717, 1.165) is 25.9 Å². The van der Waals surface area contributed by atoms with E-state index in [0.29, 0.717) is 31.8 Å². The Kier molecular flexibility index (Phi) is 6.99. The molecule has 0 aromatic carbocycles. The second-order valence-corrected chi connectivity index (χ2v) is 5.67. The van der Waals surface area contributed by atoms with E-state index in [1.807, 2.05) is 25.7 Å². The highest BCUT2D eigenvalue weighted by molar-refractivity contribution is 5.83. The number of amides is 2. The lowest BCUT2D eigenvalue weighted by Crippen LogP contribution is -2.45. The molecule has 2 atom stereocenters. The number of nitrogens with two attached hydrogens (primary N) is 1. The van der Waals surface area contributed by atoms with E-state index in [-0.39, 0.29) is 17.9 Å². The Morgan fingerprint density at radius 1 is 1.30 bits per heavy atom. The summed E-state index contributed by atoms with van der Waals surface area (Å²) >= 11 is 0. The lowest BCUT2D eigenvalue weighted by molar-refractivity contribution is -0.138. The molecule has 2 amide bonds. The van der Waals surface area contributed by atoms with Gasteiger partial charge in [-0.05, 0) is 39.5 Å². The topological polar surface area (TPSA) is 66.6 Å². The van der Waals surface area contributed by atoms with Crippen LogP contribution in [0.3, 0.4) is 0 Å². The lowest BCUT2D eigenvalue weighted by Gasteiger charge is -2.34. The minimum Gasteiger partial charge on any atom is -0.343 e. The smallest absolute Gasteiger partial charge is 0.223 e. The average molecular weight is 283 g/mol. The third-order valence-electron chi connectivity index (χ3n) is 4.22. The molecule has 0 bridgehead atoms. The first-order valence-electron chi connectivity index (χ1n) is 7.80. The van der Waals surface area contributed by atoms with Gasteiger partial charge in [0.05, 0.1) is 0 Å². The molecule has 0 aromatic heterocycles. The van der Waals surface area contributed by atoms with Gasteiger partial charge in [-0.1, -0.05) is 0 Å². The summed E-state index contributed by atoms with van der Waals surface area (Å²) in [5.41, 5.74) is 5.93. The van der Waals surface area contributed by atoms with Gasteiger partial charge in [0.25, 0.3) is 0 Å². The number of likely N-dealkylation sites (tertiary alicyclic amines) is 1. The van der Waals surface area contributed by atoms with Crippen molar-refractivity contribution >= 4 is 11.8 Å². The van der Waals surface area contributed by atoms with Crippen LogP contribution in [0.25, 0.3) is 0 Å². The van der Waals surface area contributed by atoms with Gasteiger partial charge in [0.1, 0.15) is 0 Å². The standard InChI is InChI=1S/C15H29N3O2/c1-4-17(5-2)14(19)8-9-15(20)18-10-6-7-13(11-18)12(3)16/h12-13H,4-11,16H2,1-3H3.